The van der Waals surface area contributed by atoms with E-state index < -0.39 is 0 Å². The van der Waals surface area contributed by atoms with Crippen LogP contribution in [0.1, 0.15) is 33.6 Å². The van der Waals surface area contributed by atoms with E-state index in [2.05, 4.69) is 26.1 Å². The number of halogens is 1. The zero-order chi connectivity index (χ0) is 8.69. The maximum absolute atomic E-state index is 5.67. The fourth-order valence-corrected chi connectivity index (χ4v) is 1.10. The van der Waals surface area contributed by atoms with Gasteiger partial charge in [0, 0.05) is 11.9 Å². The van der Waals surface area contributed by atoms with Gasteiger partial charge >= 0.3 is 0 Å². The second kappa shape index (κ2) is 6.93. The van der Waals surface area contributed by atoms with Crippen LogP contribution in [0.3, 0.4) is 0 Å². The number of hydrogen-bond donors (Lipinski definition) is 1. The van der Waals surface area contributed by atoms with Crippen molar-refractivity contribution in [2.24, 2.45) is 5.92 Å². The summed E-state index contributed by atoms with van der Waals surface area (Å²) in [4.78, 5) is 0. The summed E-state index contributed by atoms with van der Waals surface area (Å²) < 4.78 is 0. The first kappa shape index (κ1) is 11.2. The summed E-state index contributed by atoms with van der Waals surface area (Å²) in [6, 6.07) is 0.644. The maximum atomic E-state index is 5.67. The second-order valence-corrected chi connectivity index (χ2v) is 3.67. The molecule has 0 spiro atoms. The summed E-state index contributed by atoms with van der Waals surface area (Å²) in [6.45, 7) is 7.65. The number of hydrogen-bond acceptors (Lipinski definition) is 1. The Morgan fingerprint density at radius 3 is 2.45 bits per heavy atom. The molecule has 0 rings (SSSR count). The molecule has 1 N–H and O–H groups in total. The lowest BCUT2D eigenvalue weighted by atomic mass is 10.1. The average Bonchev–Trinajstić information content (AvgIpc) is 2.01. The average molecular weight is 178 g/mol. The SMILES string of the molecule is CCCC(C)NCC(C)CCl. The third kappa shape index (κ3) is 6.64. The van der Waals surface area contributed by atoms with E-state index in [0.29, 0.717) is 12.0 Å². The summed E-state index contributed by atoms with van der Waals surface area (Å²) in [6.07, 6.45) is 2.51. The van der Waals surface area contributed by atoms with Gasteiger partial charge in [0.25, 0.3) is 0 Å². The van der Waals surface area contributed by atoms with Crippen LogP contribution in [0.4, 0.5) is 0 Å². The molecule has 0 heterocycles. The number of rotatable bonds is 6. The van der Waals surface area contributed by atoms with Crippen molar-refractivity contribution in [3.63, 3.8) is 0 Å². The molecule has 0 saturated heterocycles. The lowest BCUT2D eigenvalue weighted by Crippen LogP contribution is -2.30. The minimum atomic E-state index is 0.593. The van der Waals surface area contributed by atoms with Crippen LogP contribution in [0.2, 0.25) is 0 Å². The molecule has 0 aliphatic rings. The van der Waals surface area contributed by atoms with E-state index >= 15 is 0 Å². The smallest absolute Gasteiger partial charge is 0.0261 e. The summed E-state index contributed by atoms with van der Waals surface area (Å²) >= 11 is 5.67. The third-order valence-corrected chi connectivity index (χ3v) is 2.33. The highest BCUT2D eigenvalue weighted by Crippen LogP contribution is 1.99. The molecule has 0 aliphatic heterocycles. The van der Waals surface area contributed by atoms with Crippen LogP contribution in [0.25, 0.3) is 0 Å². The van der Waals surface area contributed by atoms with Gasteiger partial charge in [0.05, 0.1) is 0 Å². The van der Waals surface area contributed by atoms with Gasteiger partial charge in [-0.05, 0) is 25.8 Å². The standard InChI is InChI=1S/C9H20ClN/c1-4-5-9(3)11-7-8(2)6-10/h8-9,11H,4-7H2,1-3H3. The Balaban J connectivity index is 3.22. The predicted octanol–water partition coefficient (Wildman–Crippen LogP) is 2.64. The Bertz CT molecular complexity index is 85.6. The Labute approximate surface area is 75.5 Å². The van der Waals surface area contributed by atoms with Crippen molar-refractivity contribution in [1.82, 2.24) is 5.32 Å². The van der Waals surface area contributed by atoms with Crippen molar-refractivity contribution < 1.29 is 0 Å². The number of alkyl halides is 1. The first-order valence-corrected chi connectivity index (χ1v) is 5.03. The van der Waals surface area contributed by atoms with E-state index in [0.717, 1.165) is 12.4 Å². The largest absolute Gasteiger partial charge is 0.314 e. The van der Waals surface area contributed by atoms with Gasteiger partial charge in [0.15, 0.2) is 0 Å². The summed E-state index contributed by atoms with van der Waals surface area (Å²) in [7, 11) is 0. The summed E-state index contributed by atoms with van der Waals surface area (Å²) in [5.74, 6) is 1.35. The molecule has 2 heteroatoms. The molecule has 0 aromatic heterocycles. The van der Waals surface area contributed by atoms with E-state index in [1.54, 1.807) is 0 Å². The Kier molecular flexibility index (Phi) is 7.09. The maximum Gasteiger partial charge on any atom is 0.0261 e. The molecule has 0 fully saturated rings. The monoisotopic (exact) mass is 177 g/mol. The highest BCUT2D eigenvalue weighted by atomic mass is 35.5. The van der Waals surface area contributed by atoms with Crippen molar-refractivity contribution in [3.05, 3.63) is 0 Å². The first-order valence-electron chi connectivity index (χ1n) is 4.50. The minimum absolute atomic E-state index is 0.593. The molecule has 0 amide bonds. The zero-order valence-electron chi connectivity index (χ0n) is 7.86. The molecule has 0 bridgehead atoms. The van der Waals surface area contributed by atoms with Crippen LogP contribution >= 0.6 is 11.6 Å². The fourth-order valence-electron chi connectivity index (χ4n) is 0.992. The van der Waals surface area contributed by atoms with Gasteiger partial charge in [-0.2, -0.15) is 0 Å². The van der Waals surface area contributed by atoms with E-state index in [-0.39, 0.29) is 0 Å². The summed E-state index contributed by atoms with van der Waals surface area (Å²) in [5, 5.41) is 3.45. The van der Waals surface area contributed by atoms with Crippen LogP contribution in [0.15, 0.2) is 0 Å². The lowest BCUT2D eigenvalue weighted by Gasteiger charge is -2.15. The highest BCUT2D eigenvalue weighted by Gasteiger charge is 2.02. The topological polar surface area (TPSA) is 12.0 Å². The molecule has 2 unspecified atom stereocenters. The van der Waals surface area contributed by atoms with Crippen LogP contribution in [-0.4, -0.2) is 18.5 Å². The molecule has 1 nitrogen and oxygen atoms in total. The van der Waals surface area contributed by atoms with Crippen LogP contribution in [0.5, 0.6) is 0 Å². The fraction of sp³-hybridized carbons (Fsp3) is 1.00. The van der Waals surface area contributed by atoms with Gasteiger partial charge in [-0.1, -0.05) is 20.3 Å². The first-order chi connectivity index (χ1) is 5.20. The van der Waals surface area contributed by atoms with Crippen molar-refractivity contribution in [2.75, 3.05) is 12.4 Å². The molecule has 68 valence electrons. The van der Waals surface area contributed by atoms with Gasteiger partial charge < -0.3 is 5.32 Å². The molecule has 0 radical (unpaired) electrons. The Hall–Kier alpha value is 0.250. The molecule has 11 heavy (non-hydrogen) atoms. The lowest BCUT2D eigenvalue weighted by molar-refractivity contribution is 0.463. The van der Waals surface area contributed by atoms with E-state index in [1.807, 2.05) is 0 Å². The number of nitrogens with one attached hydrogen (secondary N) is 1. The Morgan fingerprint density at radius 2 is 2.00 bits per heavy atom. The second-order valence-electron chi connectivity index (χ2n) is 3.36. The van der Waals surface area contributed by atoms with Crippen molar-refractivity contribution >= 4 is 11.6 Å². The highest BCUT2D eigenvalue weighted by molar-refractivity contribution is 6.18. The van der Waals surface area contributed by atoms with Crippen LogP contribution in [-0.2, 0) is 0 Å². The van der Waals surface area contributed by atoms with E-state index in [1.165, 1.54) is 12.8 Å². The van der Waals surface area contributed by atoms with Crippen molar-refractivity contribution in [1.29, 1.82) is 0 Å². The van der Waals surface area contributed by atoms with Gasteiger partial charge in [-0.15, -0.1) is 11.6 Å². The summed E-state index contributed by atoms with van der Waals surface area (Å²) in [5.41, 5.74) is 0. The molecule has 2 atom stereocenters. The molecule has 0 aromatic carbocycles. The van der Waals surface area contributed by atoms with Gasteiger partial charge in [0.2, 0.25) is 0 Å². The van der Waals surface area contributed by atoms with Crippen molar-refractivity contribution in [2.45, 2.75) is 39.7 Å². The van der Waals surface area contributed by atoms with Gasteiger partial charge in [-0.3, -0.25) is 0 Å². The molecule has 0 aromatic rings. The van der Waals surface area contributed by atoms with E-state index in [9.17, 15) is 0 Å². The Morgan fingerprint density at radius 1 is 1.36 bits per heavy atom. The van der Waals surface area contributed by atoms with Crippen molar-refractivity contribution in [3.8, 4) is 0 Å². The van der Waals surface area contributed by atoms with Crippen LogP contribution < -0.4 is 5.32 Å². The van der Waals surface area contributed by atoms with E-state index in [4.69, 9.17) is 11.6 Å². The third-order valence-electron chi connectivity index (χ3n) is 1.80. The predicted molar refractivity (Wildman–Crippen MR) is 52.3 cm³/mol. The minimum Gasteiger partial charge on any atom is -0.314 e. The van der Waals surface area contributed by atoms with Gasteiger partial charge in [-0.25, -0.2) is 0 Å². The normalized spacial score (nSPS) is 16.4. The molecule has 0 aliphatic carbocycles. The van der Waals surface area contributed by atoms with Crippen LogP contribution in [0, 0.1) is 5.92 Å². The molecular formula is C9H20ClN. The molecule has 0 saturated carbocycles. The quantitative estimate of drug-likeness (QED) is 0.616. The zero-order valence-corrected chi connectivity index (χ0v) is 8.62. The molecular weight excluding hydrogens is 158 g/mol. The van der Waals surface area contributed by atoms with Gasteiger partial charge in [0.1, 0.15) is 0 Å².